The van der Waals surface area contributed by atoms with E-state index in [4.69, 9.17) is 9.15 Å². The number of amides is 1. The number of aromatic nitrogens is 2. The molecular formula is C20H21N3O3. The number of methoxy groups -OCH3 is 1. The molecule has 1 heterocycles. The van der Waals surface area contributed by atoms with Crippen LogP contribution in [-0.2, 0) is 17.6 Å². The van der Waals surface area contributed by atoms with Gasteiger partial charge in [-0.05, 0) is 42.7 Å². The predicted octanol–water partition coefficient (Wildman–Crippen LogP) is 3.47. The molecule has 3 rings (SSSR count). The number of rotatable bonds is 6. The summed E-state index contributed by atoms with van der Waals surface area (Å²) in [7, 11) is 1.60. The van der Waals surface area contributed by atoms with Gasteiger partial charge in [-0.3, -0.25) is 10.1 Å². The van der Waals surface area contributed by atoms with Gasteiger partial charge in [0.25, 0.3) is 0 Å². The monoisotopic (exact) mass is 351 g/mol. The molecular weight excluding hydrogens is 330 g/mol. The molecule has 1 amide bonds. The van der Waals surface area contributed by atoms with Gasteiger partial charge in [-0.2, -0.15) is 0 Å². The Kier molecular flexibility index (Phi) is 5.31. The molecule has 2 aromatic carbocycles. The number of aryl methyl sites for hydroxylation is 2. The van der Waals surface area contributed by atoms with Gasteiger partial charge in [0.1, 0.15) is 5.75 Å². The smallest absolute Gasteiger partial charge is 0.322 e. The summed E-state index contributed by atoms with van der Waals surface area (Å²) in [5, 5.41) is 10.5. The van der Waals surface area contributed by atoms with Crippen LogP contribution in [0.3, 0.4) is 0 Å². The fourth-order valence-corrected chi connectivity index (χ4v) is 2.67. The highest BCUT2D eigenvalue weighted by molar-refractivity contribution is 5.90. The molecule has 0 spiro atoms. The van der Waals surface area contributed by atoms with Crippen molar-refractivity contribution in [2.24, 2.45) is 0 Å². The molecule has 0 fully saturated rings. The maximum Gasteiger partial charge on any atom is 0.322 e. The van der Waals surface area contributed by atoms with Crippen LogP contribution in [0.1, 0.15) is 28.1 Å². The van der Waals surface area contributed by atoms with Gasteiger partial charge in [0, 0.05) is 0 Å². The molecule has 1 N–H and O–H groups in total. The second-order valence-corrected chi connectivity index (χ2v) is 6.18. The van der Waals surface area contributed by atoms with Gasteiger partial charge in [0.05, 0.1) is 20.0 Å². The molecule has 0 bridgehead atoms. The van der Waals surface area contributed by atoms with Crippen molar-refractivity contribution in [3.05, 3.63) is 70.6 Å². The minimum absolute atomic E-state index is 0.114. The topological polar surface area (TPSA) is 77.2 Å². The van der Waals surface area contributed by atoms with Gasteiger partial charge in [0.2, 0.25) is 11.8 Å². The third kappa shape index (κ3) is 4.47. The molecule has 6 heteroatoms. The number of ether oxygens (including phenoxy) is 1. The van der Waals surface area contributed by atoms with Crippen LogP contribution in [0.4, 0.5) is 6.01 Å². The lowest BCUT2D eigenvalue weighted by Crippen LogP contribution is -2.14. The Labute approximate surface area is 152 Å². The maximum atomic E-state index is 12.1. The number of anilines is 1. The van der Waals surface area contributed by atoms with E-state index in [2.05, 4.69) is 47.6 Å². The first-order valence-corrected chi connectivity index (χ1v) is 8.35. The van der Waals surface area contributed by atoms with Crippen molar-refractivity contribution >= 4 is 11.9 Å². The SMILES string of the molecule is COc1ccc(CC(=O)Nc2nnc(Cc3ccc(C)cc3C)o2)cc1. The molecule has 1 aromatic heterocycles. The Hall–Kier alpha value is -3.15. The van der Waals surface area contributed by atoms with Crippen LogP contribution in [0.5, 0.6) is 5.75 Å². The number of nitrogens with one attached hydrogen (secondary N) is 1. The number of benzene rings is 2. The summed E-state index contributed by atoms with van der Waals surface area (Å²) in [4.78, 5) is 12.1. The van der Waals surface area contributed by atoms with Crippen molar-refractivity contribution < 1.29 is 13.9 Å². The van der Waals surface area contributed by atoms with E-state index in [1.807, 2.05) is 24.3 Å². The zero-order valence-corrected chi connectivity index (χ0v) is 15.1. The molecule has 6 nitrogen and oxygen atoms in total. The van der Waals surface area contributed by atoms with E-state index in [1.54, 1.807) is 7.11 Å². The lowest BCUT2D eigenvalue weighted by atomic mass is 10.0. The Morgan fingerprint density at radius 1 is 1.12 bits per heavy atom. The summed E-state index contributed by atoms with van der Waals surface area (Å²) in [6.45, 7) is 4.11. The van der Waals surface area contributed by atoms with Gasteiger partial charge in [-0.15, -0.1) is 5.10 Å². The third-order valence-electron chi connectivity index (χ3n) is 4.08. The molecule has 0 aliphatic carbocycles. The summed E-state index contributed by atoms with van der Waals surface area (Å²) in [6, 6.07) is 13.7. The first-order valence-electron chi connectivity index (χ1n) is 8.35. The van der Waals surface area contributed by atoms with E-state index in [0.717, 1.165) is 16.9 Å². The van der Waals surface area contributed by atoms with Crippen molar-refractivity contribution in [1.29, 1.82) is 0 Å². The van der Waals surface area contributed by atoms with E-state index < -0.39 is 0 Å². The summed E-state index contributed by atoms with van der Waals surface area (Å²) >= 11 is 0. The van der Waals surface area contributed by atoms with E-state index in [1.165, 1.54) is 11.1 Å². The first-order chi connectivity index (χ1) is 12.5. The highest BCUT2D eigenvalue weighted by Crippen LogP contribution is 2.17. The minimum Gasteiger partial charge on any atom is -0.497 e. The van der Waals surface area contributed by atoms with Crippen LogP contribution in [0.2, 0.25) is 0 Å². The summed E-state index contributed by atoms with van der Waals surface area (Å²) in [5.74, 6) is 1.01. The number of nitrogens with zero attached hydrogens (tertiary/aromatic N) is 2. The van der Waals surface area contributed by atoms with Crippen molar-refractivity contribution in [2.45, 2.75) is 26.7 Å². The molecule has 0 radical (unpaired) electrons. The lowest BCUT2D eigenvalue weighted by molar-refractivity contribution is -0.115. The Morgan fingerprint density at radius 3 is 2.58 bits per heavy atom. The molecule has 0 saturated carbocycles. The van der Waals surface area contributed by atoms with Gasteiger partial charge in [0.15, 0.2) is 0 Å². The van der Waals surface area contributed by atoms with Gasteiger partial charge in [-0.1, -0.05) is 41.0 Å². The maximum absolute atomic E-state index is 12.1. The highest BCUT2D eigenvalue weighted by atomic mass is 16.5. The molecule has 0 aliphatic rings. The summed E-state index contributed by atoms with van der Waals surface area (Å²) < 4.78 is 10.6. The Balaban J connectivity index is 1.59. The average molecular weight is 351 g/mol. The normalized spacial score (nSPS) is 10.6. The second kappa shape index (κ2) is 7.82. The van der Waals surface area contributed by atoms with Crippen LogP contribution in [0, 0.1) is 13.8 Å². The number of hydrogen-bond acceptors (Lipinski definition) is 5. The molecule has 0 atom stereocenters. The minimum atomic E-state index is -0.211. The van der Waals surface area contributed by atoms with Crippen molar-refractivity contribution in [3.63, 3.8) is 0 Å². The zero-order chi connectivity index (χ0) is 18.5. The van der Waals surface area contributed by atoms with Crippen LogP contribution in [0.25, 0.3) is 0 Å². The Morgan fingerprint density at radius 2 is 1.88 bits per heavy atom. The molecule has 3 aromatic rings. The van der Waals surface area contributed by atoms with Crippen LogP contribution in [0.15, 0.2) is 46.9 Å². The lowest BCUT2D eigenvalue weighted by Gasteiger charge is -2.04. The van der Waals surface area contributed by atoms with Crippen LogP contribution >= 0.6 is 0 Å². The molecule has 0 unspecified atom stereocenters. The van der Waals surface area contributed by atoms with Gasteiger partial charge < -0.3 is 9.15 Å². The summed E-state index contributed by atoms with van der Waals surface area (Å²) in [5.41, 5.74) is 4.38. The largest absolute Gasteiger partial charge is 0.497 e. The predicted molar refractivity (Wildman–Crippen MR) is 98.3 cm³/mol. The molecule has 0 aliphatic heterocycles. The third-order valence-corrected chi connectivity index (χ3v) is 4.08. The van der Waals surface area contributed by atoms with E-state index in [9.17, 15) is 4.79 Å². The zero-order valence-electron chi connectivity index (χ0n) is 15.1. The van der Waals surface area contributed by atoms with Crippen LogP contribution in [-0.4, -0.2) is 23.2 Å². The molecule has 0 saturated heterocycles. The van der Waals surface area contributed by atoms with Crippen LogP contribution < -0.4 is 10.1 Å². The standard InChI is InChI=1S/C20H21N3O3/c1-13-4-7-16(14(2)10-13)12-19-22-23-20(26-19)21-18(24)11-15-5-8-17(25-3)9-6-15/h4-10H,11-12H2,1-3H3,(H,21,23,24). The van der Waals surface area contributed by atoms with Crippen molar-refractivity contribution in [3.8, 4) is 5.75 Å². The molecule has 134 valence electrons. The number of carbonyl (C=O) groups excluding carboxylic acids is 1. The first kappa shape index (κ1) is 17.7. The summed E-state index contributed by atoms with van der Waals surface area (Å²) in [6.07, 6.45) is 0.756. The van der Waals surface area contributed by atoms with E-state index >= 15 is 0 Å². The Bertz CT molecular complexity index is 901. The molecule has 26 heavy (non-hydrogen) atoms. The fraction of sp³-hybridized carbons (Fsp3) is 0.250. The number of hydrogen-bond donors (Lipinski definition) is 1. The highest BCUT2D eigenvalue weighted by Gasteiger charge is 2.12. The van der Waals surface area contributed by atoms with Gasteiger partial charge in [-0.25, -0.2) is 0 Å². The van der Waals surface area contributed by atoms with Gasteiger partial charge >= 0.3 is 6.01 Å². The van der Waals surface area contributed by atoms with Crippen molar-refractivity contribution in [1.82, 2.24) is 10.2 Å². The average Bonchev–Trinajstić information content (AvgIpc) is 3.05. The fourth-order valence-electron chi connectivity index (χ4n) is 2.67. The number of carbonyl (C=O) groups is 1. The quantitative estimate of drug-likeness (QED) is 0.736. The second-order valence-electron chi connectivity index (χ2n) is 6.18. The van der Waals surface area contributed by atoms with E-state index in [0.29, 0.717) is 12.3 Å². The van der Waals surface area contributed by atoms with E-state index in [-0.39, 0.29) is 18.3 Å². The van der Waals surface area contributed by atoms with Crippen molar-refractivity contribution in [2.75, 3.05) is 12.4 Å².